The number of nitrogens with zero attached hydrogens (tertiary/aromatic N) is 1. The van der Waals surface area contributed by atoms with Gasteiger partial charge in [0.25, 0.3) is 5.91 Å². The second-order valence-corrected chi connectivity index (χ2v) is 4.30. The molecule has 0 unspecified atom stereocenters. The van der Waals surface area contributed by atoms with Crippen molar-refractivity contribution in [3.8, 4) is 0 Å². The zero-order valence-electron chi connectivity index (χ0n) is 9.24. The molecule has 1 aliphatic rings. The molecule has 2 N–H and O–H groups in total. The topological polar surface area (TPSA) is 46.3 Å². The van der Waals surface area contributed by atoms with Gasteiger partial charge in [0.1, 0.15) is 5.82 Å². The quantitative estimate of drug-likeness (QED) is 0.816. The number of likely N-dealkylation sites (tertiary alicyclic amines) is 1. The van der Waals surface area contributed by atoms with Gasteiger partial charge >= 0.3 is 0 Å². The Morgan fingerprint density at radius 2 is 2.25 bits per heavy atom. The predicted octanol–water partition coefficient (Wildman–Crippen LogP) is 1.16. The molecule has 1 fully saturated rings. The van der Waals surface area contributed by atoms with Crippen molar-refractivity contribution in [3.63, 3.8) is 0 Å². The molecule has 0 atom stereocenters. The molecule has 1 aromatic rings. The normalized spacial score (nSPS) is 16.1. The molecule has 0 bridgehead atoms. The lowest BCUT2D eigenvalue weighted by molar-refractivity contribution is 0.0510. The minimum atomic E-state index is -0.452. The van der Waals surface area contributed by atoms with Gasteiger partial charge in [-0.1, -0.05) is 11.6 Å². The Kier molecular flexibility index (Phi) is 2.92. The monoisotopic (exact) mass is 222 g/mol. The molecular weight excluding hydrogens is 207 g/mol. The number of carbonyl (C=O) groups excluding carboxylic acids is 1. The smallest absolute Gasteiger partial charge is 0.256 e. The number of benzene rings is 1. The lowest BCUT2D eigenvalue weighted by Gasteiger charge is -2.38. The third-order valence-electron chi connectivity index (χ3n) is 2.93. The molecule has 2 rings (SSSR count). The van der Waals surface area contributed by atoms with E-state index in [0.717, 1.165) is 5.56 Å². The first-order valence-electron chi connectivity index (χ1n) is 5.37. The lowest BCUT2D eigenvalue weighted by atomic mass is 9.98. The first-order valence-corrected chi connectivity index (χ1v) is 5.37. The van der Waals surface area contributed by atoms with Crippen LogP contribution in [0, 0.1) is 18.7 Å². The number of nitrogens with two attached hydrogens (primary N) is 1. The summed E-state index contributed by atoms with van der Waals surface area (Å²) in [7, 11) is 0. The van der Waals surface area contributed by atoms with Crippen LogP contribution in [0.2, 0.25) is 0 Å². The molecule has 86 valence electrons. The van der Waals surface area contributed by atoms with Gasteiger partial charge in [0, 0.05) is 19.0 Å². The number of halogens is 1. The summed E-state index contributed by atoms with van der Waals surface area (Å²) in [5.41, 5.74) is 6.53. The van der Waals surface area contributed by atoms with Gasteiger partial charge < -0.3 is 10.6 Å². The Balaban J connectivity index is 2.13. The highest BCUT2D eigenvalue weighted by Gasteiger charge is 2.31. The van der Waals surface area contributed by atoms with Crippen LogP contribution in [0.15, 0.2) is 18.2 Å². The van der Waals surface area contributed by atoms with Crippen LogP contribution in [0.3, 0.4) is 0 Å². The number of rotatable bonds is 2. The van der Waals surface area contributed by atoms with Gasteiger partial charge in [-0.2, -0.15) is 0 Å². The molecule has 0 spiro atoms. The van der Waals surface area contributed by atoms with E-state index in [-0.39, 0.29) is 11.5 Å². The number of carbonyl (C=O) groups is 1. The molecule has 4 heteroatoms. The van der Waals surface area contributed by atoms with Crippen molar-refractivity contribution in [2.45, 2.75) is 6.92 Å². The highest BCUT2D eigenvalue weighted by Crippen LogP contribution is 2.19. The largest absolute Gasteiger partial charge is 0.338 e. The van der Waals surface area contributed by atoms with E-state index in [1.165, 1.54) is 6.07 Å². The Morgan fingerprint density at radius 3 is 2.88 bits per heavy atom. The van der Waals surface area contributed by atoms with Crippen molar-refractivity contribution in [2.75, 3.05) is 19.6 Å². The fraction of sp³-hybridized carbons (Fsp3) is 0.417. The molecule has 1 aromatic carbocycles. The molecule has 1 heterocycles. The maximum absolute atomic E-state index is 13.4. The van der Waals surface area contributed by atoms with E-state index in [0.29, 0.717) is 25.6 Å². The van der Waals surface area contributed by atoms with E-state index in [2.05, 4.69) is 0 Å². The highest BCUT2D eigenvalue weighted by atomic mass is 19.1. The maximum Gasteiger partial charge on any atom is 0.256 e. The van der Waals surface area contributed by atoms with E-state index in [4.69, 9.17) is 5.73 Å². The zero-order valence-corrected chi connectivity index (χ0v) is 9.24. The summed E-state index contributed by atoms with van der Waals surface area (Å²) in [4.78, 5) is 13.5. The van der Waals surface area contributed by atoms with Gasteiger partial charge in [-0.05, 0) is 25.6 Å². The Bertz CT molecular complexity index is 413. The second-order valence-electron chi connectivity index (χ2n) is 4.30. The average Bonchev–Trinajstić information content (AvgIpc) is 2.20. The van der Waals surface area contributed by atoms with E-state index < -0.39 is 5.82 Å². The molecule has 0 radical (unpaired) electrons. The van der Waals surface area contributed by atoms with E-state index >= 15 is 0 Å². The summed E-state index contributed by atoms with van der Waals surface area (Å²) < 4.78 is 13.4. The summed E-state index contributed by atoms with van der Waals surface area (Å²) in [5.74, 6) is -0.311. The van der Waals surface area contributed by atoms with Crippen LogP contribution in [-0.4, -0.2) is 30.4 Å². The number of aryl methyl sites for hydroxylation is 1. The van der Waals surface area contributed by atoms with Crippen LogP contribution in [0.1, 0.15) is 15.9 Å². The first-order chi connectivity index (χ1) is 7.61. The molecule has 1 amide bonds. The van der Waals surface area contributed by atoms with Gasteiger partial charge in [0.05, 0.1) is 5.56 Å². The summed E-state index contributed by atoms with van der Waals surface area (Å²) in [6.45, 7) is 3.71. The molecule has 16 heavy (non-hydrogen) atoms. The molecule has 0 saturated carbocycles. The molecule has 0 aliphatic carbocycles. The van der Waals surface area contributed by atoms with Crippen LogP contribution in [0.25, 0.3) is 0 Å². The van der Waals surface area contributed by atoms with Crippen LogP contribution in [-0.2, 0) is 0 Å². The highest BCUT2D eigenvalue weighted by molar-refractivity contribution is 5.95. The summed E-state index contributed by atoms with van der Waals surface area (Å²) >= 11 is 0. The Morgan fingerprint density at radius 1 is 1.56 bits per heavy atom. The lowest BCUT2D eigenvalue weighted by Crippen LogP contribution is -2.52. The number of hydrogen-bond acceptors (Lipinski definition) is 2. The Labute approximate surface area is 94.0 Å². The fourth-order valence-corrected chi connectivity index (χ4v) is 1.86. The second kappa shape index (κ2) is 4.22. The first kappa shape index (κ1) is 11.1. The van der Waals surface area contributed by atoms with E-state index in [9.17, 15) is 9.18 Å². The standard InChI is InChI=1S/C12H15FN2O/c1-8-2-3-11(13)10(4-8)12(16)15-6-9(5-14)7-15/h2-4,9H,5-7,14H2,1H3. The number of amides is 1. The summed E-state index contributed by atoms with van der Waals surface area (Å²) in [6, 6.07) is 4.58. The SMILES string of the molecule is Cc1ccc(F)c(C(=O)N2CC(CN)C2)c1. The molecule has 1 saturated heterocycles. The van der Waals surface area contributed by atoms with E-state index in [1.807, 2.05) is 6.92 Å². The van der Waals surface area contributed by atoms with Crippen molar-refractivity contribution in [2.24, 2.45) is 11.7 Å². The summed E-state index contributed by atoms with van der Waals surface area (Å²) in [5, 5.41) is 0. The van der Waals surface area contributed by atoms with Crippen molar-refractivity contribution in [3.05, 3.63) is 35.1 Å². The summed E-state index contributed by atoms with van der Waals surface area (Å²) in [6.07, 6.45) is 0. The Hall–Kier alpha value is -1.42. The minimum Gasteiger partial charge on any atom is -0.338 e. The molecule has 3 nitrogen and oxygen atoms in total. The van der Waals surface area contributed by atoms with Gasteiger partial charge in [-0.15, -0.1) is 0 Å². The van der Waals surface area contributed by atoms with Crippen molar-refractivity contribution < 1.29 is 9.18 Å². The van der Waals surface area contributed by atoms with Gasteiger partial charge in [0.2, 0.25) is 0 Å². The third kappa shape index (κ3) is 1.93. The minimum absolute atomic E-state index is 0.162. The fourth-order valence-electron chi connectivity index (χ4n) is 1.86. The van der Waals surface area contributed by atoms with Crippen molar-refractivity contribution >= 4 is 5.91 Å². The van der Waals surface area contributed by atoms with Crippen LogP contribution in [0.5, 0.6) is 0 Å². The predicted molar refractivity (Wildman–Crippen MR) is 59.6 cm³/mol. The number of hydrogen-bond donors (Lipinski definition) is 1. The van der Waals surface area contributed by atoms with Crippen molar-refractivity contribution in [1.82, 2.24) is 4.90 Å². The average molecular weight is 222 g/mol. The maximum atomic E-state index is 13.4. The zero-order chi connectivity index (χ0) is 11.7. The van der Waals surface area contributed by atoms with Gasteiger partial charge in [-0.25, -0.2) is 4.39 Å². The van der Waals surface area contributed by atoms with Crippen LogP contribution in [0.4, 0.5) is 4.39 Å². The van der Waals surface area contributed by atoms with Crippen LogP contribution < -0.4 is 5.73 Å². The third-order valence-corrected chi connectivity index (χ3v) is 2.93. The van der Waals surface area contributed by atoms with Crippen molar-refractivity contribution in [1.29, 1.82) is 0 Å². The molecular formula is C12H15FN2O. The molecule has 0 aromatic heterocycles. The molecule has 1 aliphatic heterocycles. The van der Waals surface area contributed by atoms with Gasteiger partial charge in [-0.3, -0.25) is 4.79 Å². The van der Waals surface area contributed by atoms with Gasteiger partial charge in [0.15, 0.2) is 0 Å². The van der Waals surface area contributed by atoms with Crippen LogP contribution >= 0.6 is 0 Å². The van der Waals surface area contributed by atoms with E-state index in [1.54, 1.807) is 17.0 Å².